The zero-order chi connectivity index (χ0) is 42.8. The summed E-state index contributed by atoms with van der Waals surface area (Å²) in [6.45, 7) is 0. The first kappa shape index (κ1) is 45.1. The number of piperidine rings is 2. The van der Waals surface area contributed by atoms with Crippen LogP contribution in [0.2, 0.25) is 0 Å². The highest BCUT2D eigenvalue weighted by Crippen LogP contribution is 2.37. The highest BCUT2D eigenvalue weighted by Gasteiger charge is 2.45. The fraction of sp³-hybridized carbons (Fsp3) is 0.591. The fourth-order valence-corrected chi connectivity index (χ4v) is 11.6. The molecule has 2 aromatic carbocycles. The average Bonchev–Trinajstić information content (AvgIpc) is 3.54. The van der Waals surface area contributed by atoms with E-state index < -0.39 is 47.9 Å². The number of ether oxygens (including phenoxy) is 4. The van der Waals surface area contributed by atoms with E-state index in [2.05, 4.69) is 10.6 Å². The van der Waals surface area contributed by atoms with Crippen molar-refractivity contribution in [2.75, 3.05) is 39.9 Å². The molecule has 60 heavy (non-hydrogen) atoms. The Hall–Kier alpha value is -4.44. The summed E-state index contributed by atoms with van der Waals surface area (Å²) in [5, 5.41) is 5.81. The lowest BCUT2D eigenvalue weighted by molar-refractivity contribution is -0.156. The van der Waals surface area contributed by atoms with Gasteiger partial charge in [0.25, 0.3) is 0 Å². The van der Waals surface area contributed by atoms with Gasteiger partial charge in [0.1, 0.15) is 35.7 Å². The van der Waals surface area contributed by atoms with Crippen LogP contribution in [-0.4, -0.2) is 120 Å². The van der Waals surface area contributed by atoms with E-state index in [1.807, 2.05) is 48.5 Å². The summed E-state index contributed by atoms with van der Waals surface area (Å²) in [6.07, 6.45) is 6.22. The van der Waals surface area contributed by atoms with Crippen LogP contribution in [0, 0.1) is 11.8 Å². The molecule has 0 aliphatic carbocycles. The zero-order valence-corrected chi connectivity index (χ0v) is 36.6. The van der Waals surface area contributed by atoms with Crippen LogP contribution in [0.15, 0.2) is 48.5 Å². The van der Waals surface area contributed by atoms with Gasteiger partial charge in [0.15, 0.2) is 0 Å². The third kappa shape index (κ3) is 10.9. The van der Waals surface area contributed by atoms with Gasteiger partial charge in [-0.1, -0.05) is 24.3 Å². The average molecular weight is 867 g/mol. The van der Waals surface area contributed by atoms with E-state index in [4.69, 9.17) is 18.9 Å². The Labute approximate surface area is 360 Å². The number of rotatable bonds is 15. The fourth-order valence-electron chi connectivity index (χ4n) is 8.83. The number of esters is 2. The van der Waals surface area contributed by atoms with Crippen molar-refractivity contribution >= 4 is 59.1 Å². The molecule has 0 aromatic heterocycles. The Morgan fingerprint density at radius 1 is 0.600 bits per heavy atom. The number of thioether (sulfide) groups is 2. The number of nitrogens with one attached hydrogen (secondary N) is 2. The van der Waals surface area contributed by atoms with Crippen molar-refractivity contribution in [3.8, 4) is 11.5 Å². The second-order valence-corrected chi connectivity index (χ2v) is 18.4. The molecule has 8 atom stereocenters. The topological polar surface area (TPSA) is 170 Å². The maximum absolute atomic E-state index is 14.5. The summed E-state index contributed by atoms with van der Waals surface area (Å²) in [5.74, 6) is -0.762. The second-order valence-electron chi connectivity index (χ2n) is 15.9. The number of benzene rings is 2. The molecular formula is C44H58N4O10S2. The Morgan fingerprint density at radius 2 is 0.983 bits per heavy atom. The van der Waals surface area contributed by atoms with Crippen molar-refractivity contribution in [2.45, 2.75) is 112 Å². The Kier molecular flexibility index (Phi) is 16.1. The van der Waals surface area contributed by atoms with Crippen LogP contribution in [0.25, 0.3) is 0 Å². The van der Waals surface area contributed by atoms with Crippen LogP contribution < -0.4 is 20.1 Å². The van der Waals surface area contributed by atoms with E-state index in [0.717, 1.165) is 36.8 Å². The van der Waals surface area contributed by atoms with Crippen molar-refractivity contribution in [3.63, 3.8) is 0 Å². The maximum atomic E-state index is 14.5. The number of carbonyl (C=O) groups excluding carboxylic acids is 6. The van der Waals surface area contributed by atoms with Crippen molar-refractivity contribution in [1.29, 1.82) is 0 Å². The molecule has 0 radical (unpaired) electrons. The van der Waals surface area contributed by atoms with Crippen LogP contribution in [-0.2, 0) is 51.1 Å². The molecule has 4 aliphatic rings. The van der Waals surface area contributed by atoms with Crippen molar-refractivity contribution in [1.82, 2.24) is 20.4 Å². The van der Waals surface area contributed by atoms with Crippen molar-refractivity contribution in [3.05, 3.63) is 59.7 Å². The largest absolute Gasteiger partial charge is 0.497 e. The second kappa shape index (κ2) is 21.4. The SMILES string of the molecule is COC(=O)C1CCCC2SCCC(NC(=O)C(CCC(Cc3ccc(OC)cc3)C(=O)NC3CCSC4CCCC(C(=O)OC)N4C3=O)Cc3ccc(OC)cc3)C(=O)N21. The molecule has 326 valence electrons. The van der Waals surface area contributed by atoms with Gasteiger partial charge in [-0.15, -0.1) is 23.5 Å². The van der Waals surface area contributed by atoms with Gasteiger partial charge in [-0.3, -0.25) is 19.2 Å². The first-order chi connectivity index (χ1) is 29.0. The van der Waals surface area contributed by atoms with Gasteiger partial charge in [0, 0.05) is 11.8 Å². The number of carbonyl (C=O) groups is 6. The standard InChI is InChI=1S/C44H58N4O10S2/c1-55-31-17-11-27(12-18-31)25-29(39(49)45-33-21-23-59-37-9-5-7-35(43(53)57-3)47(37)41(33)51)15-16-30(26-28-13-19-32(56-2)20-14-28)40(50)46-34-22-24-60-38-10-6-8-36(44(54)58-4)48(38)42(34)52/h11-14,17-20,29-30,33-38H,5-10,15-16,21-26H2,1-4H3,(H,45,49)(H,46,50). The molecule has 4 saturated heterocycles. The molecule has 16 heteroatoms. The molecule has 0 saturated carbocycles. The summed E-state index contributed by atoms with van der Waals surface area (Å²) < 4.78 is 20.9. The van der Waals surface area contributed by atoms with Gasteiger partial charge >= 0.3 is 11.9 Å². The normalized spacial score (nSPS) is 25.3. The van der Waals surface area contributed by atoms with Gasteiger partial charge in [0.05, 0.1) is 39.2 Å². The van der Waals surface area contributed by atoms with Crippen LogP contribution in [0.5, 0.6) is 11.5 Å². The predicted octanol–water partition coefficient (Wildman–Crippen LogP) is 4.51. The summed E-state index contributed by atoms with van der Waals surface area (Å²) in [4.78, 5) is 86.1. The molecule has 4 amide bonds. The summed E-state index contributed by atoms with van der Waals surface area (Å²) in [5.41, 5.74) is 1.77. The molecule has 0 spiro atoms. The number of amides is 4. The minimum Gasteiger partial charge on any atom is -0.497 e. The highest BCUT2D eigenvalue weighted by molar-refractivity contribution is 8.00. The molecule has 2 N–H and O–H groups in total. The minimum absolute atomic E-state index is 0.171. The molecule has 0 bridgehead atoms. The van der Waals surface area contributed by atoms with E-state index in [-0.39, 0.29) is 34.4 Å². The molecule has 6 rings (SSSR count). The first-order valence-electron chi connectivity index (χ1n) is 20.9. The lowest BCUT2D eigenvalue weighted by Crippen LogP contribution is -2.58. The monoisotopic (exact) mass is 866 g/mol. The molecule has 14 nitrogen and oxygen atoms in total. The zero-order valence-electron chi connectivity index (χ0n) is 34.9. The number of hydrogen-bond donors (Lipinski definition) is 2. The van der Waals surface area contributed by atoms with Crippen LogP contribution in [0.4, 0.5) is 0 Å². The Bertz CT molecular complexity index is 1700. The third-order valence-corrected chi connectivity index (χ3v) is 14.8. The summed E-state index contributed by atoms with van der Waals surface area (Å²) in [6, 6.07) is 11.9. The van der Waals surface area contributed by atoms with E-state index in [9.17, 15) is 28.8 Å². The van der Waals surface area contributed by atoms with E-state index >= 15 is 0 Å². The Morgan fingerprint density at radius 3 is 1.33 bits per heavy atom. The van der Waals surface area contributed by atoms with Gasteiger partial charge in [-0.05, 0) is 124 Å². The van der Waals surface area contributed by atoms with Crippen LogP contribution >= 0.6 is 23.5 Å². The molecule has 4 heterocycles. The van der Waals surface area contributed by atoms with Crippen molar-refractivity contribution < 1.29 is 47.7 Å². The molecule has 4 fully saturated rings. The summed E-state index contributed by atoms with van der Waals surface area (Å²) >= 11 is 3.25. The summed E-state index contributed by atoms with van der Waals surface area (Å²) in [7, 11) is 5.82. The number of fused-ring (bicyclic) bond motifs is 2. The van der Waals surface area contributed by atoms with E-state index in [0.29, 0.717) is 74.4 Å². The van der Waals surface area contributed by atoms with E-state index in [1.54, 1.807) is 47.5 Å². The highest BCUT2D eigenvalue weighted by atomic mass is 32.2. The third-order valence-electron chi connectivity index (χ3n) is 12.2. The molecule has 4 aliphatic heterocycles. The van der Waals surface area contributed by atoms with E-state index in [1.165, 1.54) is 14.2 Å². The maximum Gasteiger partial charge on any atom is 0.328 e. The molecule has 8 unspecified atom stereocenters. The van der Waals surface area contributed by atoms with Gasteiger partial charge in [-0.25, -0.2) is 9.59 Å². The van der Waals surface area contributed by atoms with Crippen LogP contribution in [0.3, 0.4) is 0 Å². The minimum atomic E-state index is -0.830. The molecule has 2 aromatic rings. The number of nitrogens with zero attached hydrogens (tertiary/aromatic N) is 2. The first-order valence-corrected chi connectivity index (χ1v) is 23.0. The van der Waals surface area contributed by atoms with Gasteiger partial charge < -0.3 is 39.4 Å². The number of methoxy groups -OCH3 is 4. The molecular weight excluding hydrogens is 809 g/mol. The lowest BCUT2D eigenvalue weighted by Gasteiger charge is -2.40. The predicted molar refractivity (Wildman–Crippen MR) is 228 cm³/mol. The number of hydrogen-bond acceptors (Lipinski definition) is 12. The van der Waals surface area contributed by atoms with Crippen molar-refractivity contribution in [2.24, 2.45) is 11.8 Å². The van der Waals surface area contributed by atoms with Crippen LogP contribution in [0.1, 0.15) is 75.3 Å². The lowest BCUT2D eigenvalue weighted by atomic mass is 9.86. The van der Waals surface area contributed by atoms with Gasteiger partial charge in [0.2, 0.25) is 23.6 Å². The Balaban J connectivity index is 1.24. The smallest absolute Gasteiger partial charge is 0.328 e. The quantitative estimate of drug-likeness (QED) is 0.241. The van der Waals surface area contributed by atoms with Gasteiger partial charge in [-0.2, -0.15) is 0 Å².